The molecule has 0 bridgehead atoms. The zero-order valence-electron chi connectivity index (χ0n) is 19.9. The van der Waals surface area contributed by atoms with Gasteiger partial charge in [-0.05, 0) is 66.8 Å². The minimum Gasteiger partial charge on any atom is -0.441 e. The van der Waals surface area contributed by atoms with E-state index in [4.69, 9.17) is 21.1 Å². The van der Waals surface area contributed by atoms with Gasteiger partial charge in [-0.25, -0.2) is 9.18 Å². The molecule has 1 aliphatic rings. The molecule has 1 amide bonds. The van der Waals surface area contributed by atoms with E-state index in [0.29, 0.717) is 21.3 Å². The SMILES string of the molecule is CC(OC(=O)Nc1cc(Cl)sc1-c1ccccc1-c1ccc(OC(=O)C2CC2)cc1)c1ccc(F)cc1. The maximum absolute atomic E-state index is 13.2. The summed E-state index contributed by atoms with van der Waals surface area (Å²) < 4.78 is 24.7. The molecule has 1 N–H and O–H groups in total. The number of halogens is 2. The molecule has 37 heavy (non-hydrogen) atoms. The number of amides is 1. The quantitative estimate of drug-likeness (QED) is 0.190. The van der Waals surface area contributed by atoms with Crippen molar-refractivity contribution in [1.29, 1.82) is 0 Å². The number of anilines is 1. The van der Waals surface area contributed by atoms with Crippen LogP contribution in [-0.2, 0) is 9.53 Å². The maximum atomic E-state index is 13.2. The van der Waals surface area contributed by atoms with Crippen molar-refractivity contribution < 1.29 is 23.5 Å². The van der Waals surface area contributed by atoms with Crippen molar-refractivity contribution in [3.63, 3.8) is 0 Å². The lowest BCUT2D eigenvalue weighted by atomic mass is 9.98. The van der Waals surface area contributed by atoms with Gasteiger partial charge in [-0.15, -0.1) is 11.3 Å². The third-order valence-electron chi connectivity index (χ3n) is 6.03. The maximum Gasteiger partial charge on any atom is 0.412 e. The van der Waals surface area contributed by atoms with Crippen LogP contribution in [0, 0.1) is 11.7 Å². The number of carbonyl (C=O) groups is 2. The Labute approximate surface area is 222 Å². The Bertz CT molecular complexity index is 1430. The lowest BCUT2D eigenvalue weighted by Gasteiger charge is -2.15. The second-order valence-electron chi connectivity index (χ2n) is 8.78. The summed E-state index contributed by atoms with van der Waals surface area (Å²) in [6.07, 6.45) is 0.565. The number of thiophene rings is 1. The first-order valence-corrected chi connectivity index (χ1v) is 13.0. The Morgan fingerprint density at radius 2 is 1.68 bits per heavy atom. The van der Waals surface area contributed by atoms with Crippen LogP contribution in [0.2, 0.25) is 4.34 Å². The molecule has 0 radical (unpaired) electrons. The van der Waals surface area contributed by atoms with E-state index < -0.39 is 12.2 Å². The summed E-state index contributed by atoms with van der Waals surface area (Å²) in [6.45, 7) is 1.72. The van der Waals surface area contributed by atoms with Gasteiger partial charge in [0, 0.05) is 5.56 Å². The van der Waals surface area contributed by atoms with Crippen molar-refractivity contribution in [1.82, 2.24) is 0 Å². The molecule has 1 saturated carbocycles. The molecule has 1 heterocycles. The largest absolute Gasteiger partial charge is 0.441 e. The van der Waals surface area contributed by atoms with Crippen LogP contribution >= 0.6 is 22.9 Å². The molecule has 0 aliphatic heterocycles. The lowest BCUT2D eigenvalue weighted by molar-refractivity contribution is -0.135. The van der Waals surface area contributed by atoms with Gasteiger partial charge in [0.2, 0.25) is 0 Å². The number of hydrogen-bond acceptors (Lipinski definition) is 5. The minimum absolute atomic E-state index is 0.0280. The molecule has 5 rings (SSSR count). The molecule has 5 nitrogen and oxygen atoms in total. The van der Waals surface area contributed by atoms with Crippen molar-refractivity contribution in [2.45, 2.75) is 25.9 Å². The van der Waals surface area contributed by atoms with Gasteiger partial charge in [0.1, 0.15) is 17.7 Å². The van der Waals surface area contributed by atoms with E-state index >= 15 is 0 Å². The molecular formula is C29H23ClFNO4S. The Balaban J connectivity index is 1.35. The second kappa shape index (κ2) is 10.7. The molecule has 0 spiro atoms. The molecule has 4 aromatic rings. The molecule has 8 heteroatoms. The third kappa shape index (κ3) is 6.01. The van der Waals surface area contributed by atoms with Gasteiger partial charge in [0.25, 0.3) is 0 Å². The van der Waals surface area contributed by atoms with Crippen molar-refractivity contribution in [3.8, 4) is 27.3 Å². The van der Waals surface area contributed by atoms with Gasteiger partial charge in [0.15, 0.2) is 0 Å². The van der Waals surface area contributed by atoms with Gasteiger partial charge in [-0.3, -0.25) is 10.1 Å². The predicted molar refractivity (Wildman–Crippen MR) is 143 cm³/mol. The number of ether oxygens (including phenoxy) is 2. The zero-order chi connectivity index (χ0) is 25.9. The van der Waals surface area contributed by atoms with Crippen LogP contribution in [0.3, 0.4) is 0 Å². The smallest absolute Gasteiger partial charge is 0.412 e. The summed E-state index contributed by atoms with van der Waals surface area (Å²) >= 11 is 7.70. The lowest BCUT2D eigenvalue weighted by Crippen LogP contribution is -2.16. The molecule has 1 aromatic heterocycles. The molecule has 1 aliphatic carbocycles. The van der Waals surface area contributed by atoms with Crippen LogP contribution in [0.15, 0.2) is 78.9 Å². The first kappa shape index (κ1) is 25.0. The molecule has 1 atom stereocenters. The Hall–Kier alpha value is -3.68. The number of esters is 1. The Morgan fingerprint density at radius 3 is 2.35 bits per heavy atom. The van der Waals surface area contributed by atoms with Crippen LogP contribution < -0.4 is 10.1 Å². The molecular weight excluding hydrogens is 513 g/mol. The van der Waals surface area contributed by atoms with Crippen LogP contribution in [0.25, 0.3) is 21.6 Å². The molecule has 1 fully saturated rings. The number of benzene rings is 3. The van der Waals surface area contributed by atoms with Crippen LogP contribution in [0.5, 0.6) is 5.75 Å². The third-order valence-corrected chi connectivity index (χ3v) is 7.33. The van der Waals surface area contributed by atoms with Crippen LogP contribution in [-0.4, -0.2) is 12.1 Å². The van der Waals surface area contributed by atoms with Gasteiger partial charge >= 0.3 is 12.1 Å². The van der Waals surface area contributed by atoms with Crippen molar-refractivity contribution >= 4 is 40.7 Å². The summed E-state index contributed by atoms with van der Waals surface area (Å²) in [7, 11) is 0. The summed E-state index contributed by atoms with van der Waals surface area (Å²) in [5.41, 5.74) is 3.93. The standard InChI is InChI=1S/C29H23ClFNO4S/c1-17(18-8-12-21(31)13-9-18)35-29(34)32-25-16-26(30)37-27(25)24-5-3-2-4-23(24)19-10-14-22(15-11-19)36-28(33)20-6-7-20/h2-5,8-17,20H,6-7H2,1H3,(H,32,34). The fourth-order valence-electron chi connectivity index (χ4n) is 3.91. The average Bonchev–Trinajstić information content (AvgIpc) is 3.68. The number of hydrogen-bond donors (Lipinski definition) is 1. The van der Waals surface area contributed by atoms with E-state index in [2.05, 4.69) is 5.32 Å². The highest BCUT2D eigenvalue weighted by atomic mass is 35.5. The van der Waals surface area contributed by atoms with Crippen LogP contribution in [0.1, 0.15) is 31.4 Å². The average molecular weight is 536 g/mol. The molecule has 0 saturated heterocycles. The van der Waals surface area contributed by atoms with E-state index in [-0.39, 0.29) is 17.7 Å². The Morgan fingerprint density at radius 1 is 1.00 bits per heavy atom. The van der Waals surface area contributed by atoms with E-state index in [1.807, 2.05) is 36.4 Å². The number of nitrogens with one attached hydrogen (secondary N) is 1. The predicted octanol–water partition coefficient (Wildman–Crippen LogP) is 8.50. The highest BCUT2D eigenvalue weighted by molar-refractivity contribution is 7.20. The van der Waals surface area contributed by atoms with Gasteiger partial charge in [-0.2, -0.15) is 0 Å². The first-order chi connectivity index (χ1) is 17.9. The first-order valence-electron chi connectivity index (χ1n) is 11.8. The fourth-order valence-corrected chi connectivity index (χ4v) is 5.13. The van der Waals surface area contributed by atoms with Crippen LogP contribution in [0.4, 0.5) is 14.9 Å². The minimum atomic E-state index is -0.646. The highest BCUT2D eigenvalue weighted by Crippen LogP contribution is 2.43. The highest BCUT2D eigenvalue weighted by Gasteiger charge is 2.31. The summed E-state index contributed by atoms with van der Waals surface area (Å²) in [6, 6.07) is 22.6. The number of rotatable bonds is 7. The second-order valence-corrected chi connectivity index (χ2v) is 10.5. The summed E-state index contributed by atoms with van der Waals surface area (Å²) in [4.78, 5) is 25.4. The monoisotopic (exact) mass is 535 g/mol. The fraction of sp³-hybridized carbons (Fsp3) is 0.172. The van der Waals surface area contributed by atoms with Gasteiger partial charge < -0.3 is 9.47 Å². The van der Waals surface area contributed by atoms with E-state index in [1.165, 1.54) is 23.5 Å². The molecule has 3 aromatic carbocycles. The molecule has 1 unspecified atom stereocenters. The van der Waals surface area contributed by atoms with E-state index in [1.54, 1.807) is 37.3 Å². The molecule has 188 valence electrons. The summed E-state index contributed by atoms with van der Waals surface area (Å²) in [5, 5.41) is 2.80. The van der Waals surface area contributed by atoms with Crippen molar-refractivity contribution in [3.05, 3.63) is 94.6 Å². The normalized spacial score (nSPS) is 13.6. The topological polar surface area (TPSA) is 64.6 Å². The van der Waals surface area contributed by atoms with E-state index in [9.17, 15) is 14.0 Å². The number of carbonyl (C=O) groups excluding carboxylic acids is 2. The Kier molecular flexibility index (Phi) is 7.26. The zero-order valence-corrected chi connectivity index (χ0v) is 21.4. The van der Waals surface area contributed by atoms with Crippen molar-refractivity contribution in [2.75, 3.05) is 5.32 Å². The van der Waals surface area contributed by atoms with E-state index in [0.717, 1.165) is 34.4 Å². The van der Waals surface area contributed by atoms with Gasteiger partial charge in [0.05, 0.1) is 20.8 Å². The summed E-state index contributed by atoms with van der Waals surface area (Å²) in [5.74, 6) is 0.00112. The van der Waals surface area contributed by atoms with Gasteiger partial charge in [-0.1, -0.05) is 60.1 Å². The van der Waals surface area contributed by atoms with Crippen molar-refractivity contribution in [2.24, 2.45) is 5.92 Å².